The molecule has 2 rings (SSSR count). The van der Waals surface area contributed by atoms with Gasteiger partial charge in [-0.05, 0) is 42.1 Å². The van der Waals surface area contributed by atoms with E-state index in [2.05, 4.69) is 88.4 Å². The molecule has 0 saturated carbocycles. The standard InChI is InChI=1S/C22H32O2Si/c1-18(23)16-17-19(2)24-25(22(3,4)5,20-12-8-6-9-13-20)21-14-10-7-11-15-21/h6-15,18-19,23H,16-17H2,1-5H3/t18-,19-/m1/s1. The number of rotatable bonds is 7. The lowest BCUT2D eigenvalue weighted by Crippen LogP contribution is -2.67. The Morgan fingerprint density at radius 2 is 1.28 bits per heavy atom. The highest BCUT2D eigenvalue weighted by molar-refractivity contribution is 6.99. The molecule has 3 heteroatoms. The Bertz CT molecular complexity index is 593. The van der Waals surface area contributed by atoms with E-state index in [1.807, 2.05) is 6.92 Å². The van der Waals surface area contributed by atoms with Crippen molar-refractivity contribution in [2.45, 2.75) is 64.7 Å². The molecule has 25 heavy (non-hydrogen) atoms. The smallest absolute Gasteiger partial charge is 0.261 e. The van der Waals surface area contributed by atoms with Crippen LogP contribution in [0.4, 0.5) is 0 Å². The maximum absolute atomic E-state index is 9.65. The maximum Gasteiger partial charge on any atom is 0.261 e. The van der Waals surface area contributed by atoms with Crippen LogP contribution >= 0.6 is 0 Å². The van der Waals surface area contributed by atoms with E-state index in [1.54, 1.807) is 0 Å². The number of hydrogen-bond donors (Lipinski definition) is 1. The fraction of sp³-hybridized carbons (Fsp3) is 0.455. The number of benzene rings is 2. The van der Waals surface area contributed by atoms with E-state index >= 15 is 0 Å². The summed E-state index contributed by atoms with van der Waals surface area (Å²) in [7, 11) is -2.47. The Kier molecular flexibility index (Phi) is 6.61. The Labute approximate surface area is 154 Å². The van der Waals surface area contributed by atoms with Crippen molar-refractivity contribution in [2.75, 3.05) is 0 Å². The summed E-state index contributed by atoms with van der Waals surface area (Å²) in [5.74, 6) is 0. The number of aliphatic hydroxyl groups is 1. The monoisotopic (exact) mass is 356 g/mol. The molecule has 0 aliphatic rings. The molecule has 2 aromatic rings. The van der Waals surface area contributed by atoms with Crippen LogP contribution in [-0.2, 0) is 4.43 Å². The normalized spacial score (nSPS) is 15.0. The van der Waals surface area contributed by atoms with Gasteiger partial charge in [0.15, 0.2) is 0 Å². The second kappa shape index (κ2) is 8.30. The Hall–Kier alpha value is -1.42. The Balaban J connectivity index is 2.53. The summed E-state index contributed by atoms with van der Waals surface area (Å²) in [5.41, 5.74) is 0. The van der Waals surface area contributed by atoms with Crippen LogP contribution in [0.1, 0.15) is 47.5 Å². The summed E-state index contributed by atoms with van der Waals surface area (Å²) >= 11 is 0. The van der Waals surface area contributed by atoms with Gasteiger partial charge in [-0.1, -0.05) is 81.4 Å². The molecule has 0 radical (unpaired) electrons. The molecule has 0 heterocycles. The van der Waals surface area contributed by atoms with E-state index in [1.165, 1.54) is 10.4 Å². The molecule has 0 amide bonds. The largest absolute Gasteiger partial charge is 0.405 e. The van der Waals surface area contributed by atoms with E-state index in [-0.39, 0.29) is 17.2 Å². The molecule has 0 aliphatic heterocycles. The highest BCUT2D eigenvalue weighted by Crippen LogP contribution is 2.37. The fourth-order valence-corrected chi connectivity index (χ4v) is 8.26. The lowest BCUT2D eigenvalue weighted by Gasteiger charge is -2.44. The molecule has 2 aromatic carbocycles. The van der Waals surface area contributed by atoms with E-state index in [0.717, 1.165) is 12.8 Å². The van der Waals surface area contributed by atoms with Crippen molar-refractivity contribution in [3.63, 3.8) is 0 Å². The van der Waals surface area contributed by atoms with Crippen molar-refractivity contribution in [3.05, 3.63) is 60.7 Å². The molecule has 0 unspecified atom stereocenters. The fourth-order valence-electron chi connectivity index (χ4n) is 3.53. The zero-order valence-electron chi connectivity index (χ0n) is 16.2. The van der Waals surface area contributed by atoms with Gasteiger partial charge in [-0.15, -0.1) is 0 Å². The average Bonchev–Trinajstić information content (AvgIpc) is 2.58. The highest BCUT2D eigenvalue weighted by Gasteiger charge is 2.50. The van der Waals surface area contributed by atoms with Crippen LogP contribution in [0.2, 0.25) is 5.04 Å². The summed E-state index contributed by atoms with van der Waals surface area (Å²) in [6.45, 7) is 10.9. The van der Waals surface area contributed by atoms with Crippen molar-refractivity contribution in [1.29, 1.82) is 0 Å². The van der Waals surface area contributed by atoms with Gasteiger partial charge in [-0.2, -0.15) is 0 Å². The summed E-state index contributed by atoms with van der Waals surface area (Å²) in [4.78, 5) is 0. The third-order valence-corrected chi connectivity index (χ3v) is 9.95. The second-order valence-electron chi connectivity index (χ2n) is 8.02. The van der Waals surface area contributed by atoms with Crippen molar-refractivity contribution in [2.24, 2.45) is 0 Å². The van der Waals surface area contributed by atoms with E-state index in [4.69, 9.17) is 4.43 Å². The first kappa shape index (κ1) is 19.9. The van der Waals surface area contributed by atoms with Crippen LogP contribution in [0, 0.1) is 0 Å². The quantitative estimate of drug-likeness (QED) is 0.757. The van der Waals surface area contributed by atoms with Crippen LogP contribution in [0.3, 0.4) is 0 Å². The van der Waals surface area contributed by atoms with Crippen molar-refractivity contribution >= 4 is 18.7 Å². The molecule has 0 aliphatic carbocycles. The minimum atomic E-state index is -2.47. The SMILES string of the molecule is C[C@H](CC[C@@H](C)O)O[Si](c1ccccc1)(c1ccccc1)C(C)(C)C. The molecule has 0 bridgehead atoms. The van der Waals surface area contributed by atoms with Gasteiger partial charge in [0.1, 0.15) is 0 Å². The second-order valence-corrected chi connectivity index (χ2v) is 12.3. The van der Waals surface area contributed by atoms with Crippen LogP contribution in [0.25, 0.3) is 0 Å². The number of aliphatic hydroxyl groups excluding tert-OH is 1. The topological polar surface area (TPSA) is 29.5 Å². The number of hydrogen-bond acceptors (Lipinski definition) is 2. The van der Waals surface area contributed by atoms with Crippen LogP contribution < -0.4 is 10.4 Å². The average molecular weight is 357 g/mol. The molecule has 2 nitrogen and oxygen atoms in total. The van der Waals surface area contributed by atoms with Gasteiger partial charge in [-0.3, -0.25) is 0 Å². The van der Waals surface area contributed by atoms with Gasteiger partial charge < -0.3 is 9.53 Å². The highest BCUT2D eigenvalue weighted by atomic mass is 28.4. The van der Waals surface area contributed by atoms with Gasteiger partial charge >= 0.3 is 0 Å². The Morgan fingerprint density at radius 1 is 0.840 bits per heavy atom. The van der Waals surface area contributed by atoms with Gasteiger partial charge in [0.2, 0.25) is 0 Å². The van der Waals surface area contributed by atoms with Crippen LogP contribution in [-0.4, -0.2) is 25.6 Å². The van der Waals surface area contributed by atoms with Gasteiger partial charge in [0.25, 0.3) is 8.32 Å². The summed E-state index contributed by atoms with van der Waals surface area (Å²) in [6.07, 6.45) is 1.44. The molecule has 0 aromatic heterocycles. The molecular weight excluding hydrogens is 324 g/mol. The molecular formula is C22H32O2Si. The summed E-state index contributed by atoms with van der Waals surface area (Å²) in [5, 5.41) is 12.3. The lowest BCUT2D eigenvalue weighted by atomic mass is 10.1. The molecule has 2 atom stereocenters. The molecule has 1 N–H and O–H groups in total. The first-order valence-electron chi connectivity index (χ1n) is 9.24. The molecule has 136 valence electrons. The van der Waals surface area contributed by atoms with Gasteiger partial charge in [0, 0.05) is 6.10 Å². The predicted octanol–water partition coefficient (Wildman–Crippen LogP) is 4.11. The summed E-state index contributed by atoms with van der Waals surface area (Å²) < 4.78 is 6.95. The van der Waals surface area contributed by atoms with E-state index in [9.17, 15) is 5.11 Å². The van der Waals surface area contributed by atoms with Crippen molar-refractivity contribution < 1.29 is 9.53 Å². The third kappa shape index (κ3) is 4.60. The molecule has 0 saturated heterocycles. The van der Waals surface area contributed by atoms with Crippen molar-refractivity contribution in [3.8, 4) is 0 Å². The van der Waals surface area contributed by atoms with Crippen LogP contribution in [0.5, 0.6) is 0 Å². The minimum Gasteiger partial charge on any atom is -0.405 e. The zero-order chi connectivity index (χ0) is 18.5. The summed E-state index contributed by atoms with van der Waals surface area (Å²) in [6, 6.07) is 21.4. The van der Waals surface area contributed by atoms with E-state index < -0.39 is 8.32 Å². The van der Waals surface area contributed by atoms with E-state index in [0.29, 0.717) is 0 Å². The Morgan fingerprint density at radius 3 is 1.64 bits per heavy atom. The lowest BCUT2D eigenvalue weighted by molar-refractivity contribution is 0.140. The minimum absolute atomic E-state index is 0.00516. The predicted molar refractivity (Wildman–Crippen MR) is 109 cm³/mol. The van der Waals surface area contributed by atoms with Gasteiger partial charge in [-0.25, -0.2) is 0 Å². The van der Waals surface area contributed by atoms with Crippen LogP contribution in [0.15, 0.2) is 60.7 Å². The molecule has 0 spiro atoms. The first-order chi connectivity index (χ1) is 11.8. The van der Waals surface area contributed by atoms with Gasteiger partial charge in [0.05, 0.1) is 6.10 Å². The first-order valence-corrected chi connectivity index (χ1v) is 11.1. The zero-order valence-corrected chi connectivity index (χ0v) is 17.2. The molecule has 0 fully saturated rings. The third-order valence-electron chi connectivity index (χ3n) is 4.79. The maximum atomic E-state index is 9.65. The van der Waals surface area contributed by atoms with Crippen molar-refractivity contribution in [1.82, 2.24) is 0 Å².